The molecule has 16 heavy (non-hydrogen) atoms. The molecule has 0 aliphatic carbocycles. The van der Waals surface area contributed by atoms with E-state index in [0.717, 1.165) is 24.5 Å². The second kappa shape index (κ2) is 5.56. The van der Waals surface area contributed by atoms with Crippen molar-refractivity contribution in [3.05, 3.63) is 5.01 Å². The van der Waals surface area contributed by atoms with E-state index in [0.29, 0.717) is 11.2 Å². The Kier molecular flexibility index (Phi) is 4.09. The van der Waals surface area contributed by atoms with Crippen molar-refractivity contribution < 1.29 is 5.11 Å². The van der Waals surface area contributed by atoms with E-state index in [1.165, 1.54) is 30.6 Å². The molecule has 0 spiro atoms. The van der Waals surface area contributed by atoms with Gasteiger partial charge in [-0.3, -0.25) is 4.90 Å². The third kappa shape index (κ3) is 2.90. The molecule has 1 aromatic rings. The van der Waals surface area contributed by atoms with Crippen LogP contribution in [0, 0.1) is 0 Å². The molecular weight excluding hydrogens is 224 g/mol. The van der Waals surface area contributed by atoms with Crippen molar-refractivity contribution in [1.29, 1.82) is 0 Å². The van der Waals surface area contributed by atoms with Crippen LogP contribution in [-0.2, 0) is 6.54 Å². The zero-order chi connectivity index (χ0) is 11.4. The van der Waals surface area contributed by atoms with Gasteiger partial charge >= 0.3 is 0 Å². The van der Waals surface area contributed by atoms with Crippen molar-refractivity contribution >= 4 is 16.5 Å². The number of nitrogen functional groups attached to an aromatic ring is 1. The number of hydrogen-bond acceptors (Lipinski definition) is 6. The maximum atomic E-state index is 9.03. The highest BCUT2D eigenvalue weighted by Gasteiger charge is 2.22. The van der Waals surface area contributed by atoms with Gasteiger partial charge in [-0.15, -0.1) is 10.2 Å². The summed E-state index contributed by atoms with van der Waals surface area (Å²) in [7, 11) is 0. The molecule has 3 N–H and O–H groups in total. The van der Waals surface area contributed by atoms with E-state index >= 15 is 0 Å². The van der Waals surface area contributed by atoms with Gasteiger partial charge in [0.25, 0.3) is 0 Å². The van der Waals surface area contributed by atoms with E-state index in [4.69, 9.17) is 10.8 Å². The maximum Gasteiger partial charge on any atom is 0.203 e. The molecule has 0 bridgehead atoms. The fourth-order valence-electron chi connectivity index (χ4n) is 2.25. The highest BCUT2D eigenvalue weighted by molar-refractivity contribution is 7.15. The number of anilines is 1. The summed E-state index contributed by atoms with van der Waals surface area (Å²) in [6.45, 7) is 2.17. The van der Waals surface area contributed by atoms with Gasteiger partial charge in [0.15, 0.2) is 0 Å². The van der Waals surface area contributed by atoms with Gasteiger partial charge in [0.1, 0.15) is 5.01 Å². The molecule has 1 saturated heterocycles. The first-order chi connectivity index (χ1) is 7.79. The Balaban J connectivity index is 1.95. The zero-order valence-corrected chi connectivity index (χ0v) is 10.1. The standard InChI is InChI=1S/C10H18N4OS/c11-10-13-12-9(16-10)7-14-5-2-1-3-8(14)4-6-15/h8,15H,1-7H2,(H2,11,13). The van der Waals surface area contributed by atoms with Gasteiger partial charge in [-0.25, -0.2) is 0 Å². The van der Waals surface area contributed by atoms with Gasteiger partial charge in [0.05, 0.1) is 6.54 Å². The van der Waals surface area contributed by atoms with E-state index in [2.05, 4.69) is 15.1 Å². The Labute approximate surface area is 99.3 Å². The summed E-state index contributed by atoms with van der Waals surface area (Å²) < 4.78 is 0. The maximum absolute atomic E-state index is 9.03. The van der Waals surface area contributed by atoms with Crippen molar-refractivity contribution in [2.24, 2.45) is 0 Å². The van der Waals surface area contributed by atoms with E-state index in [9.17, 15) is 0 Å². The third-order valence-electron chi connectivity index (χ3n) is 3.03. The molecule has 1 aliphatic heterocycles. The lowest BCUT2D eigenvalue weighted by atomic mass is 10.00. The molecule has 6 heteroatoms. The van der Waals surface area contributed by atoms with Crippen LogP contribution in [0.4, 0.5) is 5.13 Å². The van der Waals surface area contributed by atoms with Crippen molar-refractivity contribution in [3.8, 4) is 0 Å². The van der Waals surface area contributed by atoms with E-state index < -0.39 is 0 Å². The van der Waals surface area contributed by atoms with Gasteiger partial charge < -0.3 is 10.8 Å². The van der Waals surface area contributed by atoms with Crippen LogP contribution in [0.5, 0.6) is 0 Å². The first-order valence-electron chi connectivity index (χ1n) is 5.72. The highest BCUT2D eigenvalue weighted by atomic mass is 32.1. The highest BCUT2D eigenvalue weighted by Crippen LogP contribution is 2.23. The summed E-state index contributed by atoms with van der Waals surface area (Å²) in [6, 6.07) is 0.490. The van der Waals surface area contributed by atoms with E-state index in [1.54, 1.807) is 0 Å². The Bertz CT molecular complexity index is 328. The first-order valence-corrected chi connectivity index (χ1v) is 6.54. The number of rotatable bonds is 4. The van der Waals surface area contributed by atoms with Crippen LogP contribution in [0.1, 0.15) is 30.7 Å². The summed E-state index contributed by atoms with van der Waals surface area (Å²) in [6.07, 6.45) is 4.53. The average Bonchev–Trinajstić information content (AvgIpc) is 2.67. The number of hydrogen-bond donors (Lipinski definition) is 2. The molecule has 0 aromatic carbocycles. The molecule has 2 rings (SSSR count). The summed E-state index contributed by atoms with van der Waals surface area (Å²) in [5.41, 5.74) is 5.56. The molecule has 1 aliphatic rings. The quantitative estimate of drug-likeness (QED) is 0.819. The minimum Gasteiger partial charge on any atom is -0.396 e. The van der Waals surface area contributed by atoms with Crippen molar-refractivity contribution in [3.63, 3.8) is 0 Å². The fourth-order valence-corrected chi connectivity index (χ4v) is 2.88. The predicted octanol–water partition coefficient (Wildman–Crippen LogP) is 0.857. The van der Waals surface area contributed by atoms with Crippen LogP contribution >= 0.6 is 11.3 Å². The number of piperidine rings is 1. The molecule has 1 unspecified atom stereocenters. The number of aliphatic hydroxyl groups excluding tert-OH is 1. The summed E-state index contributed by atoms with van der Waals surface area (Å²) in [5.74, 6) is 0. The van der Waals surface area contributed by atoms with Crippen molar-refractivity contribution in [2.75, 3.05) is 18.9 Å². The normalized spacial score (nSPS) is 22.4. The van der Waals surface area contributed by atoms with Gasteiger partial charge in [-0.1, -0.05) is 17.8 Å². The number of likely N-dealkylation sites (tertiary alicyclic amines) is 1. The van der Waals surface area contributed by atoms with Gasteiger partial charge in [0, 0.05) is 12.6 Å². The topological polar surface area (TPSA) is 75.3 Å². The minimum atomic E-state index is 0.263. The number of nitrogens with two attached hydrogens (primary N) is 1. The lowest BCUT2D eigenvalue weighted by Crippen LogP contribution is -2.39. The zero-order valence-electron chi connectivity index (χ0n) is 9.30. The van der Waals surface area contributed by atoms with E-state index in [-0.39, 0.29) is 6.61 Å². The third-order valence-corrected chi connectivity index (χ3v) is 3.77. The second-order valence-corrected chi connectivity index (χ2v) is 5.26. The molecule has 0 radical (unpaired) electrons. The monoisotopic (exact) mass is 242 g/mol. The lowest BCUT2D eigenvalue weighted by molar-refractivity contribution is 0.112. The molecule has 1 fully saturated rings. The Morgan fingerprint density at radius 3 is 3.00 bits per heavy atom. The van der Waals surface area contributed by atoms with Gasteiger partial charge in [0.2, 0.25) is 5.13 Å². The van der Waals surface area contributed by atoms with Crippen LogP contribution in [-0.4, -0.2) is 39.4 Å². The molecule has 2 heterocycles. The molecule has 1 aromatic heterocycles. The molecule has 90 valence electrons. The molecule has 0 amide bonds. The number of aromatic nitrogens is 2. The largest absolute Gasteiger partial charge is 0.396 e. The lowest BCUT2D eigenvalue weighted by Gasteiger charge is -2.34. The Hall–Kier alpha value is -0.720. The smallest absolute Gasteiger partial charge is 0.203 e. The van der Waals surface area contributed by atoms with Crippen LogP contribution < -0.4 is 5.73 Å². The van der Waals surface area contributed by atoms with Gasteiger partial charge in [-0.2, -0.15) is 0 Å². The van der Waals surface area contributed by atoms with Crippen LogP contribution in [0.2, 0.25) is 0 Å². The Morgan fingerprint density at radius 1 is 1.44 bits per heavy atom. The molecule has 1 atom stereocenters. The van der Waals surface area contributed by atoms with E-state index in [1.807, 2.05) is 0 Å². The Morgan fingerprint density at radius 2 is 2.31 bits per heavy atom. The number of nitrogens with zero attached hydrogens (tertiary/aromatic N) is 3. The van der Waals surface area contributed by atoms with Crippen LogP contribution in [0.3, 0.4) is 0 Å². The fraction of sp³-hybridized carbons (Fsp3) is 0.800. The molecule has 0 saturated carbocycles. The minimum absolute atomic E-state index is 0.263. The second-order valence-electron chi connectivity index (χ2n) is 4.17. The molecular formula is C10H18N4OS. The summed E-state index contributed by atoms with van der Waals surface area (Å²) in [5, 5.41) is 18.4. The average molecular weight is 242 g/mol. The van der Waals surface area contributed by atoms with Crippen LogP contribution in [0.25, 0.3) is 0 Å². The van der Waals surface area contributed by atoms with Gasteiger partial charge in [-0.05, 0) is 25.8 Å². The molecule has 5 nitrogen and oxygen atoms in total. The predicted molar refractivity (Wildman–Crippen MR) is 64.1 cm³/mol. The SMILES string of the molecule is Nc1nnc(CN2CCCCC2CCO)s1. The summed E-state index contributed by atoms with van der Waals surface area (Å²) in [4.78, 5) is 2.39. The van der Waals surface area contributed by atoms with Crippen LogP contribution in [0.15, 0.2) is 0 Å². The van der Waals surface area contributed by atoms with Crippen molar-refractivity contribution in [1.82, 2.24) is 15.1 Å². The number of aliphatic hydroxyl groups is 1. The van der Waals surface area contributed by atoms with Crippen molar-refractivity contribution in [2.45, 2.75) is 38.3 Å². The summed E-state index contributed by atoms with van der Waals surface area (Å²) >= 11 is 1.45. The first kappa shape index (κ1) is 11.8.